The summed E-state index contributed by atoms with van der Waals surface area (Å²) in [5.74, 6) is 0. The Morgan fingerprint density at radius 1 is 1.75 bits per heavy atom. The summed E-state index contributed by atoms with van der Waals surface area (Å²) >= 11 is 3.20. The van der Waals surface area contributed by atoms with Crippen LogP contribution in [0.3, 0.4) is 0 Å². The molecule has 0 radical (unpaired) electrons. The van der Waals surface area contributed by atoms with Gasteiger partial charge in [0.15, 0.2) is 0 Å². The van der Waals surface area contributed by atoms with E-state index in [0.717, 1.165) is 0 Å². The molecule has 0 saturated carbocycles. The number of hydrogen-bond acceptors (Lipinski definition) is 3. The van der Waals surface area contributed by atoms with Crippen molar-refractivity contribution in [3.8, 4) is 0 Å². The lowest BCUT2D eigenvalue weighted by Crippen LogP contribution is -1.64. The van der Waals surface area contributed by atoms with Crippen molar-refractivity contribution in [2.75, 3.05) is 7.11 Å². The maximum atomic E-state index is 3.91. The van der Waals surface area contributed by atoms with Crippen LogP contribution in [0.2, 0.25) is 0 Å². The van der Waals surface area contributed by atoms with Crippen LogP contribution < -0.4 is 0 Å². The molecule has 0 atom stereocenters. The molecule has 0 amide bonds. The second kappa shape index (κ2) is 3.27. The first-order chi connectivity index (χ1) is 1.91. The van der Waals surface area contributed by atoms with E-state index in [2.05, 4.69) is 22.1 Å². The Hall–Kier alpha value is 0.270. The molecule has 0 rings (SSSR count). The maximum absolute atomic E-state index is 3.91. The largest absolute Gasteiger partial charge is 0.228 e. The van der Waals surface area contributed by atoms with Crippen LogP contribution in [0.1, 0.15) is 0 Å². The van der Waals surface area contributed by atoms with E-state index in [0.29, 0.717) is 0 Å². The molecule has 3 heteroatoms. The standard InChI is InChI=1S/CH4O2S/c1-2-3-4/h4H,1H3. The second-order valence-corrected chi connectivity index (χ2v) is 0.390. The van der Waals surface area contributed by atoms with Gasteiger partial charge in [0, 0.05) is 12.9 Å². The summed E-state index contributed by atoms with van der Waals surface area (Å²) < 4.78 is 3.74. The lowest BCUT2D eigenvalue weighted by molar-refractivity contribution is -0.157. The molecule has 0 aromatic heterocycles. The molecule has 0 fully saturated rings. The van der Waals surface area contributed by atoms with Crippen molar-refractivity contribution >= 4 is 12.9 Å². The van der Waals surface area contributed by atoms with Crippen molar-refractivity contribution in [3.05, 3.63) is 0 Å². The third kappa shape index (κ3) is 2.27. The Morgan fingerprint density at radius 2 is 2.00 bits per heavy atom. The summed E-state index contributed by atoms with van der Waals surface area (Å²) in [6.45, 7) is 0. The van der Waals surface area contributed by atoms with Gasteiger partial charge in [0.05, 0.1) is 7.11 Å². The third-order valence-electron chi connectivity index (χ3n) is 0.0745. The van der Waals surface area contributed by atoms with Crippen LogP contribution in [0, 0.1) is 0 Å². The highest BCUT2D eigenvalue weighted by Gasteiger charge is 1.49. The van der Waals surface area contributed by atoms with Crippen LogP contribution >= 0.6 is 12.9 Å². The zero-order chi connectivity index (χ0) is 3.41. The molecule has 4 heavy (non-hydrogen) atoms. The number of thiol groups is 1. The van der Waals surface area contributed by atoms with E-state index in [1.165, 1.54) is 7.11 Å². The van der Waals surface area contributed by atoms with E-state index >= 15 is 0 Å². The molecule has 0 saturated heterocycles. The SMILES string of the molecule is COOS. The van der Waals surface area contributed by atoms with E-state index < -0.39 is 0 Å². The van der Waals surface area contributed by atoms with Crippen molar-refractivity contribution < 1.29 is 9.22 Å². The molecular weight excluding hydrogens is 76.1 g/mol. The fourth-order valence-electron chi connectivity index (χ4n) is 0. The Balaban J connectivity index is 1.97. The minimum absolute atomic E-state index is 1.38. The summed E-state index contributed by atoms with van der Waals surface area (Å²) in [4.78, 5) is 3.91. The fraction of sp³-hybridized carbons (Fsp3) is 1.00. The zero-order valence-electron chi connectivity index (χ0n) is 2.26. The van der Waals surface area contributed by atoms with Crippen LogP contribution in [-0.2, 0) is 9.22 Å². The highest BCUT2D eigenvalue weighted by atomic mass is 32.1. The Kier molecular flexibility index (Phi) is 3.49. The van der Waals surface area contributed by atoms with Crippen molar-refractivity contribution in [3.63, 3.8) is 0 Å². The van der Waals surface area contributed by atoms with Crippen LogP contribution in [0.5, 0.6) is 0 Å². The highest BCUT2D eigenvalue weighted by molar-refractivity contribution is 7.74. The molecule has 0 N–H and O–H groups in total. The van der Waals surface area contributed by atoms with Gasteiger partial charge >= 0.3 is 0 Å². The summed E-state index contributed by atoms with van der Waals surface area (Å²) in [6.07, 6.45) is 0. The van der Waals surface area contributed by atoms with Gasteiger partial charge in [-0.05, 0) is 0 Å². The van der Waals surface area contributed by atoms with Gasteiger partial charge in [-0.2, -0.15) is 4.33 Å². The Morgan fingerprint density at radius 3 is 2.00 bits per heavy atom. The minimum atomic E-state index is 1.38. The molecule has 0 spiro atoms. The first-order valence-corrected chi connectivity index (χ1v) is 1.12. The first-order valence-electron chi connectivity index (χ1n) is 0.757. The summed E-state index contributed by atoms with van der Waals surface area (Å²) in [7, 11) is 1.38. The predicted molar refractivity (Wildman–Crippen MR) is 17.1 cm³/mol. The van der Waals surface area contributed by atoms with Gasteiger partial charge in [-0.3, -0.25) is 0 Å². The van der Waals surface area contributed by atoms with Gasteiger partial charge in [0.2, 0.25) is 0 Å². The molecule has 0 aliphatic carbocycles. The average Bonchev–Trinajstić information content (AvgIpc) is 1.37. The van der Waals surface area contributed by atoms with E-state index in [-0.39, 0.29) is 0 Å². The van der Waals surface area contributed by atoms with Crippen LogP contribution in [0.15, 0.2) is 0 Å². The summed E-state index contributed by atoms with van der Waals surface area (Å²) in [5.41, 5.74) is 0. The van der Waals surface area contributed by atoms with Crippen molar-refractivity contribution in [1.82, 2.24) is 0 Å². The van der Waals surface area contributed by atoms with Crippen LogP contribution in [-0.4, -0.2) is 7.11 Å². The quantitative estimate of drug-likeness (QED) is 0.213. The molecule has 0 aromatic rings. The van der Waals surface area contributed by atoms with E-state index in [1.54, 1.807) is 0 Å². The maximum Gasteiger partial charge on any atom is 0.0725 e. The molecule has 0 aliphatic rings. The third-order valence-corrected chi connectivity index (χ3v) is 0.224. The summed E-state index contributed by atoms with van der Waals surface area (Å²) in [5, 5.41) is 0. The van der Waals surface area contributed by atoms with Gasteiger partial charge in [-0.25, -0.2) is 4.89 Å². The molecule has 0 unspecified atom stereocenters. The second-order valence-electron chi connectivity index (χ2n) is 0.241. The van der Waals surface area contributed by atoms with Gasteiger partial charge in [0.1, 0.15) is 0 Å². The lowest BCUT2D eigenvalue weighted by Gasteiger charge is -1.75. The molecule has 2 nitrogen and oxygen atoms in total. The van der Waals surface area contributed by atoms with Crippen LogP contribution in [0.4, 0.5) is 0 Å². The topological polar surface area (TPSA) is 18.5 Å². The smallest absolute Gasteiger partial charge is 0.0725 e. The molecule has 0 aromatic carbocycles. The Labute approximate surface area is 30.3 Å². The van der Waals surface area contributed by atoms with Gasteiger partial charge in [-0.15, -0.1) is 0 Å². The Bertz CT molecular complexity index is 8.00. The molecular formula is CH4O2S. The number of hydrogen-bond donors (Lipinski definition) is 1. The van der Waals surface area contributed by atoms with Crippen molar-refractivity contribution in [2.24, 2.45) is 0 Å². The summed E-state index contributed by atoms with van der Waals surface area (Å²) in [6, 6.07) is 0. The average molecular weight is 80.1 g/mol. The van der Waals surface area contributed by atoms with Gasteiger partial charge < -0.3 is 0 Å². The number of rotatable bonds is 1. The molecule has 0 aliphatic heterocycles. The normalized spacial score (nSPS) is 7.50. The lowest BCUT2D eigenvalue weighted by atomic mass is 11.8. The van der Waals surface area contributed by atoms with Crippen molar-refractivity contribution in [2.45, 2.75) is 0 Å². The minimum Gasteiger partial charge on any atom is -0.228 e. The molecule has 0 heterocycles. The van der Waals surface area contributed by atoms with E-state index in [9.17, 15) is 0 Å². The van der Waals surface area contributed by atoms with Crippen LogP contribution in [0.25, 0.3) is 0 Å². The van der Waals surface area contributed by atoms with E-state index in [1.807, 2.05) is 0 Å². The molecule has 26 valence electrons. The monoisotopic (exact) mass is 80.0 g/mol. The van der Waals surface area contributed by atoms with Gasteiger partial charge in [0.25, 0.3) is 0 Å². The van der Waals surface area contributed by atoms with E-state index in [4.69, 9.17) is 0 Å². The first kappa shape index (κ1) is 4.27. The van der Waals surface area contributed by atoms with Crippen molar-refractivity contribution in [1.29, 1.82) is 0 Å². The predicted octanol–water partition coefficient (Wildman–Crippen LogP) is 0.409. The fourth-order valence-corrected chi connectivity index (χ4v) is 0. The molecule has 0 bridgehead atoms. The highest BCUT2D eigenvalue weighted by Crippen LogP contribution is 1.70. The zero-order valence-corrected chi connectivity index (χ0v) is 3.16. The van der Waals surface area contributed by atoms with Gasteiger partial charge in [-0.1, -0.05) is 0 Å².